The first kappa shape index (κ1) is 16.7. The van der Waals surface area contributed by atoms with Gasteiger partial charge in [-0.25, -0.2) is 4.39 Å². The quantitative estimate of drug-likeness (QED) is 0.723. The second-order valence-corrected chi connectivity index (χ2v) is 6.75. The number of benzene rings is 1. The van der Waals surface area contributed by atoms with Crippen molar-refractivity contribution in [3.8, 4) is 17.5 Å². The van der Waals surface area contributed by atoms with Gasteiger partial charge in [0.2, 0.25) is 5.76 Å². The van der Waals surface area contributed by atoms with Crippen molar-refractivity contribution in [3.63, 3.8) is 0 Å². The standard InChI is InChI=1S/C21H22FN3O/c1-3-7-19-20(25-11-4-5-12-25)15-8-6-9-18(21(15)26-19)23-17-10-13-24(2)14-16(17)22/h4-6,8-9,11-12,16-17,23H,10,13-14H2,1-2H3/t16-,17+/m1/s1. The van der Waals surface area contributed by atoms with Crippen molar-refractivity contribution in [2.24, 2.45) is 0 Å². The number of fused-ring (bicyclic) bond motifs is 1. The number of aromatic nitrogens is 1. The number of anilines is 1. The molecule has 5 heteroatoms. The number of hydrogen-bond donors (Lipinski definition) is 1. The van der Waals surface area contributed by atoms with Crippen LogP contribution in [0.15, 0.2) is 47.1 Å². The molecule has 1 aliphatic rings. The molecule has 1 aliphatic heterocycles. The number of furan rings is 1. The van der Waals surface area contributed by atoms with Crippen LogP contribution >= 0.6 is 0 Å². The molecule has 0 unspecified atom stereocenters. The summed E-state index contributed by atoms with van der Waals surface area (Å²) in [5.41, 5.74) is 2.46. The van der Waals surface area contributed by atoms with E-state index in [4.69, 9.17) is 4.42 Å². The highest BCUT2D eigenvalue weighted by Gasteiger charge is 2.28. The molecule has 3 heterocycles. The fourth-order valence-electron chi connectivity index (χ4n) is 3.58. The lowest BCUT2D eigenvalue weighted by Crippen LogP contribution is -2.46. The molecule has 0 saturated carbocycles. The Morgan fingerprint density at radius 3 is 2.77 bits per heavy atom. The Morgan fingerprint density at radius 1 is 1.23 bits per heavy atom. The number of alkyl halides is 1. The van der Waals surface area contributed by atoms with Crippen molar-refractivity contribution in [2.75, 3.05) is 25.5 Å². The number of likely N-dealkylation sites (tertiary alicyclic amines) is 1. The van der Waals surface area contributed by atoms with Crippen LogP contribution in [0.5, 0.6) is 0 Å². The van der Waals surface area contributed by atoms with Crippen LogP contribution in [-0.4, -0.2) is 41.8 Å². The smallest absolute Gasteiger partial charge is 0.202 e. The lowest BCUT2D eigenvalue weighted by Gasteiger charge is -2.33. The van der Waals surface area contributed by atoms with Gasteiger partial charge >= 0.3 is 0 Å². The Labute approximate surface area is 152 Å². The Balaban J connectivity index is 1.77. The Hall–Kier alpha value is -2.71. The van der Waals surface area contributed by atoms with Crippen LogP contribution < -0.4 is 5.32 Å². The first-order valence-corrected chi connectivity index (χ1v) is 8.88. The van der Waals surface area contributed by atoms with E-state index >= 15 is 0 Å². The molecule has 2 atom stereocenters. The molecule has 134 valence electrons. The fourth-order valence-corrected chi connectivity index (χ4v) is 3.58. The minimum absolute atomic E-state index is 0.211. The van der Waals surface area contributed by atoms with Gasteiger partial charge in [0.1, 0.15) is 11.9 Å². The highest BCUT2D eigenvalue weighted by molar-refractivity contribution is 5.97. The molecule has 0 spiro atoms. The zero-order chi connectivity index (χ0) is 18.1. The largest absolute Gasteiger partial charge is 0.443 e. The van der Waals surface area contributed by atoms with E-state index in [0.29, 0.717) is 12.3 Å². The van der Waals surface area contributed by atoms with Crippen molar-refractivity contribution in [3.05, 3.63) is 48.5 Å². The Bertz CT molecular complexity index is 964. The van der Waals surface area contributed by atoms with Gasteiger partial charge < -0.3 is 19.2 Å². The summed E-state index contributed by atoms with van der Waals surface area (Å²) in [6, 6.07) is 9.66. The molecule has 4 nitrogen and oxygen atoms in total. The number of nitrogens with zero attached hydrogens (tertiary/aromatic N) is 2. The maximum Gasteiger partial charge on any atom is 0.202 e. The number of halogens is 1. The number of rotatable bonds is 3. The summed E-state index contributed by atoms with van der Waals surface area (Å²) in [6.45, 7) is 3.12. The van der Waals surface area contributed by atoms with Crippen LogP contribution in [0, 0.1) is 11.8 Å². The predicted molar refractivity (Wildman–Crippen MR) is 103 cm³/mol. The maximum atomic E-state index is 14.5. The zero-order valence-electron chi connectivity index (χ0n) is 15.0. The summed E-state index contributed by atoms with van der Waals surface area (Å²) < 4.78 is 22.6. The zero-order valence-corrected chi connectivity index (χ0v) is 15.0. The number of para-hydroxylation sites is 1. The molecule has 0 radical (unpaired) electrons. The van der Waals surface area contributed by atoms with Gasteiger partial charge in [0.15, 0.2) is 5.58 Å². The molecule has 3 aromatic rings. The van der Waals surface area contributed by atoms with Crippen molar-refractivity contribution >= 4 is 16.7 Å². The Kier molecular flexibility index (Phi) is 4.44. The van der Waals surface area contributed by atoms with Gasteiger partial charge in [-0.2, -0.15) is 0 Å². The van der Waals surface area contributed by atoms with Crippen molar-refractivity contribution in [1.29, 1.82) is 0 Å². The molecular weight excluding hydrogens is 329 g/mol. The predicted octanol–water partition coefficient (Wildman–Crippen LogP) is 4.05. The summed E-state index contributed by atoms with van der Waals surface area (Å²) >= 11 is 0. The molecular formula is C21H22FN3O. The average molecular weight is 351 g/mol. The number of hydrogen-bond acceptors (Lipinski definition) is 3. The summed E-state index contributed by atoms with van der Waals surface area (Å²) in [4.78, 5) is 2.02. The van der Waals surface area contributed by atoms with E-state index in [-0.39, 0.29) is 6.04 Å². The van der Waals surface area contributed by atoms with Gasteiger partial charge in [-0.05, 0) is 50.6 Å². The molecule has 2 aromatic heterocycles. The fraction of sp³-hybridized carbons (Fsp3) is 0.333. The second kappa shape index (κ2) is 6.89. The molecule has 4 rings (SSSR count). The van der Waals surface area contributed by atoms with E-state index in [0.717, 1.165) is 35.3 Å². The third-order valence-electron chi connectivity index (χ3n) is 4.88. The molecule has 1 fully saturated rings. The van der Waals surface area contributed by atoms with Gasteiger partial charge in [0.05, 0.1) is 11.7 Å². The summed E-state index contributed by atoms with van der Waals surface area (Å²) in [5, 5.41) is 4.33. The van der Waals surface area contributed by atoms with Gasteiger partial charge in [0, 0.05) is 30.9 Å². The van der Waals surface area contributed by atoms with Crippen LogP contribution in [0.25, 0.3) is 16.7 Å². The van der Waals surface area contributed by atoms with Crippen LogP contribution in [0.4, 0.5) is 10.1 Å². The van der Waals surface area contributed by atoms with E-state index < -0.39 is 6.17 Å². The normalized spacial score (nSPS) is 20.7. The Morgan fingerprint density at radius 2 is 2.04 bits per heavy atom. The molecule has 1 N–H and O–H groups in total. The van der Waals surface area contributed by atoms with E-state index in [9.17, 15) is 4.39 Å². The average Bonchev–Trinajstić information content (AvgIpc) is 3.25. The molecule has 0 aliphatic carbocycles. The van der Waals surface area contributed by atoms with Crippen LogP contribution in [0.1, 0.15) is 19.1 Å². The molecule has 26 heavy (non-hydrogen) atoms. The van der Waals surface area contributed by atoms with Crippen molar-refractivity contribution in [1.82, 2.24) is 9.47 Å². The maximum absolute atomic E-state index is 14.5. The van der Waals surface area contributed by atoms with E-state index in [1.165, 1.54) is 0 Å². The van der Waals surface area contributed by atoms with Gasteiger partial charge in [-0.3, -0.25) is 0 Å². The topological polar surface area (TPSA) is 33.3 Å². The van der Waals surface area contributed by atoms with Crippen LogP contribution in [0.3, 0.4) is 0 Å². The summed E-state index contributed by atoms with van der Waals surface area (Å²) in [7, 11) is 1.95. The molecule has 0 amide bonds. The second-order valence-electron chi connectivity index (χ2n) is 6.75. The van der Waals surface area contributed by atoms with E-state index in [1.54, 1.807) is 6.92 Å². The minimum atomic E-state index is -0.905. The van der Waals surface area contributed by atoms with Crippen LogP contribution in [0.2, 0.25) is 0 Å². The van der Waals surface area contributed by atoms with Gasteiger partial charge in [-0.15, -0.1) is 0 Å². The highest BCUT2D eigenvalue weighted by Crippen LogP contribution is 2.34. The first-order valence-electron chi connectivity index (χ1n) is 8.88. The number of nitrogens with one attached hydrogen (secondary N) is 1. The summed E-state index contributed by atoms with van der Waals surface area (Å²) in [6.07, 6.45) is 3.80. The lowest BCUT2D eigenvalue weighted by atomic mass is 10.0. The number of piperidine rings is 1. The lowest BCUT2D eigenvalue weighted by molar-refractivity contribution is 0.149. The van der Waals surface area contributed by atoms with E-state index in [2.05, 4.69) is 17.2 Å². The van der Waals surface area contributed by atoms with Crippen molar-refractivity contribution in [2.45, 2.75) is 25.6 Å². The first-order chi connectivity index (χ1) is 12.7. The van der Waals surface area contributed by atoms with E-state index in [1.807, 2.05) is 59.2 Å². The monoisotopic (exact) mass is 351 g/mol. The summed E-state index contributed by atoms with van der Waals surface area (Å²) in [5.74, 6) is 6.59. The minimum Gasteiger partial charge on any atom is -0.443 e. The SMILES string of the molecule is CC#Cc1oc2c(N[C@H]3CCN(C)C[C@H]3F)cccc2c1-n1cccc1. The van der Waals surface area contributed by atoms with Crippen LogP contribution in [-0.2, 0) is 0 Å². The molecule has 1 saturated heterocycles. The van der Waals surface area contributed by atoms with Crippen molar-refractivity contribution < 1.29 is 8.81 Å². The van der Waals surface area contributed by atoms with Gasteiger partial charge in [0.25, 0.3) is 0 Å². The molecule has 1 aromatic carbocycles. The van der Waals surface area contributed by atoms with Gasteiger partial charge in [-0.1, -0.05) is 12.0 Å². The third-order valence-corrected chi connectivity index (χ3v) is 4.88. The third kappa shape index (κ3) is 2.97. The highest BCUT2D eigenvalue weighted by atomic mass is 19.1. The molecule has 0 bridgehead atoms.